The van der Waals surface area contributed by atoms with Gasteiger partial charge in [-0.25, -0.2) is 9.59 Å². The van der Waals surface area contributed by atoms with Gasteiger partial charge in [0.2, 0.25) is 0 Å². The molecular formula is C14H26N2O4. The van der Waals surface area contributed by atoms with Crippen molar-refractivity contribution in [3.63, 3.8) is 0 Å². The molecule has 1 aliphatic carbocycles. The molecular weight excluding hydrogens is 260 g/mol. The number of carboxylic acid groups (broad SMARTS) is 1. The molecule has 0 aromatic rings. The maximum Gasteiger partial charge on any atom is 0.329 e. The molecule has 20 heavy (non-hydrogen) atoms. The van der Waals surface area contributed by atoms with Gasteiger partial charge in [0.05, 0.1) is 0 Å². The Balaban J connectivity index is 2.60. The quantitative estimate of drug-likeness (QED) is 0.577. The van der Waals surface area contributed by atoms with Crippen LogP contribution in [0.4, 0.5) is 4.79 Å². The van der Waals surface area contributed by atoms with Crippen molar-refractivity contribution < 1.29 is 19.4 Å². The minimum Gasteiger partial charge on any atom is -0.480 e. The number of ether oxygens (including phenoxy) is 1. The largest absolute Gasteiger partial charge is 0.480 e. The predicted molar refractivity (Wildman–Crippen MR) is 75.7 cm³/mol. The van der Waals surface area contributed by atoms with Gasteiger partial charge in [0.25, 0.3) is 0 Å². The van der Waals surface area contributed by atoms with Gasteiger partial charge in [-0.3, -0.25) is 0 Å². The number of rotatable bonds is 6. The number of nitrogens with zero attached hydrogens (tertiary/aromatic N) is 1. The molecule has 6 nitrogen and oxygen atoms in total. The monoisotopic (exact) mass is 286 g/mol. The first kappa shape index (κ1) is 16.8. The molecule has 1 aliphatic rings. The Labute approximate surface area is 120 Å². The summed E-state index contributed by atoms with van der Waals surface area (Å²) < 4.78 is 4.94. The van der Waals surface area contributed by atoms with Gasteiger partial charge in [-0.2, -0.15) is 0 Å². The lowest BCUT2D eigenvalue weighted by Gasteiger charge is -2.31. The summed E-state index contributed by atoms with van der Waals surface area (Å²) in [4.78, 5) is 25.3. The summed E-state index contributed by atoms with van der Waals surface area (Å²) in [5.41, 5.74) is -1.09. The molecule has 1 rings (SSSR count). The third-order valence-corrected chi connectivity index (χ3v) is 3.90. The van der Waals surface area contributed by atoms with Crippen LogP contribution < -0.4 is 5.32 Å². The number of carbonyl (C=O) groups excluding carboxylic acids is 1. The molecule has 0 aromatic heterocycles. The maximum absolute atomic E-state index is 12.1. The molecule has 6 heteroatoms. The lowest BCUT2D eigenvalue weighted by Crippen LogP contribution is -2.57. The van der Waals surface area contributed by atoms with Crippen molar-refractivity contribution in [2.45, 2.75) is 50.5 Å². The number of aliphatic carboxylic acids is 1. The van der Waals surface area contributed by atoms with E-state index in [0.717, 1.165) is 32.1 Å². The zero-order valence-corrected chi connectivity index (χ0v) is 12.5. The fraction of sp³-hybridized carbons (Fsp3) is 0.857. The minimum atomic E-state index is -1.09. The smallest absolute Gasteiger partial charge is 0.329 e. The van der Waals surface area contributed by atoms with E-state index in [2.05, 4.69) is 5.32 Å². The highest BCUT2D eigenvalue weighted by Crippen LogP contribution is 2.27. The summed E-state index contributed by atoms with van der Waals surface area (Å²) in [5, 5.41) is 12.3. The SMILES string of the molecule is COCCCN(C)C(=O)NC1(C(=O)O)CCCCCC1. The van der Waals surface area contributed by atoms with Gasteiger partial charge in [-0.05, 0) is 19.3 Å². The van der Waals surface area contributed by atoms with Gasteiger partial charge < -0.3 is 20.1 Å². The molecule has 0 bridgehead atoms. The van der Waals surface area contributed by atoms with Crippen LogP contribution in [0.5, 0.6) is 0 Å². The highest BCUT2D eigenvalue weighted by Gasteiger charge is 2.40. The van der Waals surface area contributed by atoms with Gasteiger partial charge >= 0.3 is 12.0 Å². The van der Waals surface area contributed by atoms with E-state index in [1.165, 1.54) is 4.90 Å². The lowest BCUT2D eigenvalue weighted by molar-refractivity contribution is -0.145. The van der Waals surface area contributed by atoms with Crippen molar-refractivity contribution in [2.24, 2.45) is 0 Å². The Kier molecular flexibility index (Phi) is 6.78. The predicted octanol–water partition coefficient (Wildman–Crippen LogP) is 1.84. The standard InChI is InChI=1S/C14H26N2O4/c1-16(10-7-11-20-2)13(19)15-14(12(17)18)8-5-3-4-6-9-14/h3-11H2,1-2H3,(H,15,19)(H,17,18). The fourth-order valence-electron chi connectivity index (χ4n) is 2.57. The minimum absolute atomic E-state index is 0.314. The van der Waals surface area contributed by atoms with E-state index in [0.29, 0.717) is 26.0 Å². The number of nitrogens with one attached hydrogen (secondary N) is 1. The van der Waals surface area contributed by atoms with Crippen LogP contribution in [0.3, 0.4) is 0 Å². The Morgan fingerprint density at radius 2 is 1.85 bits per heavy atom. The first-order valence-electron chi connectivity index (χ1n) is 7.27. The molecule has 0 saturated heterocycles. The van der Waals surface area contributed by atoms with Crippen molar-refractivity contribution in [1.29, 1.82) is 0 Å². The fourth-order valence-corrected chi connectivity index (χ4v) is 2.57. The summed E-state index contributed by atoms with van der Waals surface area (Å²) in [6, 6.07) is -0.314. The van der Waals surface area contributed by atoms with Gasteiger partial charge in [-0.1, -0.05) is 25.7 Å². The van der Waals surface area contributed by atoms with Crippen LogP contribution in [0.25, 0.3) is 0 Å². The number of hydrogen-bond donors (Lipinski definition) is 2. The van der Waals surface area contributed by atoms with E-state index < -0.39 is 11.5 Å². The Morgan fingerprint density at radius 1 is 1.25 bits per heavy atom. The first-order chi connectivity index (χ1) is 9.52. The van der Waals surface area contributed by atoms with E-state index in [9.17, 15) is 14.7 Å². The van der Waals surface area contributed by atoms with Gasteiger partial charge in [0.1, 0.15) is 5.54 Å². The van der Waals surface area contributed by atoms with E-state index in [4.69, 9.17) is 4.74 Å². The highest BCUT2D eigenvalue weighted by molar-refractivity contribution is 5.86. The molecule has 1 fully saturated rings. The summed E-state index contributed by atoms with van der Waals surface area (Å²) in [5.74, 6) is -0.918. The Bertz CT molecular complexity index is 325. The average molecular weight is 286 g/mol. The lowest BCUT2D eigenvalue weighted by atomic mass is 9.90. The van der Waals surface area contributed by atoms with Crippen LogP contribution >= 0.6 is 0 Å². The van der Waals surface area contributed by atoms with Crippen LogP contribution in [0.15, 0.2) is 0 Å². The number of methoxy groups -OCH3 is 1. The number of hydrogen-bond acceptors (Lipinski definition) is 3. The molecule has 0 atom stereocenters. The van der Waals surface area contributed by atoms with Gasteiger partial charge in [0, 0.05) is 27.3 Å². The van der Waals surface area contributed by atoms with Crippen molar-refractivity contribution in [3.05, 3.63) is 0 Å². The van der Waals surface area contributed by atoms with E-state index in [1.54, 1.807) is 14.2 Å². The van der Waals surface area contributed by atoms with Crippen LogP contribution in [0.2, 0.25) is 0 Å². The molecule has 0 heterocycles. The summed E-state index contributed by atoms with van der Waals surface area (Å²) in [7, 11) is 3.29. The molecule has 0 spiro atoms. The second kappa shape index (κ2) is 8.09. The first-order valence-corrected chi connectivity index (χ1v) is 7.27. The topological polar surface area (TPSA) is 78.9 Å². The third kappa shape index (κ3) is 4.67. The molecule has 116 valence electrons. The normalized spacial score (nSPS) is 18.1. The summed E-state index contributed by atoms with van der Waals surface area (Å²) in [6.45, 7) is 1.14. The highest BCUT2D eigenvalue weighted by atomic mass is 16.5. The maximum atomic E-state index is 12.1. The second-order valence-electron chi connectivity index (χ2n) is 5.50. The summed E-state index contributed by atoms with van der Waals surface area (Å²) >= 11 is 0. The molecule has 2 amide bonds. The van der Waals surface area contributed by atoms with Crippen LogP contribution in [0, 0.1) is 0 Å². The Hall–Kier alpha value is -1.30. The number of carbonyl (C=O) groups is 2. The number of urea groups is 1. The number of carboxylic acids is 1. The Morgan fingerprint density at radius 3 is 2.35 bits per heavy atom. The molecule has 0 radical (unpaired) electrons. The van der Waals surface area contributed by atoms with Crippen molar-refractivity contribution in [3.8, 4) is 0 Å². The molecule has 0 aliphatic heterocycles. The molecule has 2 N–H and O–H groups in total. The van der Waals surface area contributed by atoms with Crippen molar-refractivity contribution >= 4 is 12.0 Å². The zero-order valence-electron chi connectivity index (χ0n) is 12.5. The van der Waals surface area contributed by atoms with Crippen molar-refractivity contribution in [1.82, 2.24) is 10.2 Å². The zero-order chi connectivity index (χ0) is 15.0. The summed E-state index contributed by atoms with van der Waals surface area (Å²) in [6.07, 6.45) is 5.53. The third-order valence-electron chi connectivity index (χ3n) is 3.90. The van der Waals surface area contributed by atoms with E-state index in [-0.39, 0.29) is 6.03 Å². The average Bonchev–Trinajstić information content (AvgIpc) is 2.65. The number of amides is 2. The van der Waals surface area contributed by atoms with E-state index in [1.807, 2.05) is 0 Å². The molecule has 0 aromatic carbocycles. The molecule has 0 unspecified atom stereocenters. The second-order valence-corrected chi connectivity index (χ2v) is 5.50. The van der Waals surface area contributed by atoms with Gasteiger partial charge in [0.15, 0.2) is 0 Å². The van der Waals surface area contributed by atoms with Crippen LogP contribution in [-0.4, -0.2) is 54.9 Å². The van der Waals surface area contributed by atoms with E-state index >= 15 is 0 Å². The van der Waals surface area contributed by atoms with Crippen molar-refractivity contribution in [2.75, 3.05) is 27.3 Å². The molecule has 1 saturated carbocycles. The van der Waals surface area contributed by atoms with Gasteiger partial charge in [-0.15, -0.1) is 0 Å². The van der Waals surface area contributed by atoms with Crippen LogP contribution in [0.1, 0.15) is 44.9 Å². The van der Waals surface area contributed by atoms with Crippen LogP contribution in [-0.2, 0) is 9.53 Å².